The van der Waals surface area contributed by atoms with Crippen LogP contribution in [0.4, 0.5) is 0 Å². The molecule has 2 aromatic rings. The fourth-order valence-corrected chi connectivity index (χ4v) is 2.91. The lowest BCUT2D eigenvalue weighted by Gasteiger charge is -2.15. The lowest BCUT2D eigenvalue weighted by molar-refractivity contribution is -0.127. The smallest absolute Gasteiger partial charge is 0.280 e. The molecule has 0 spiro atoms. The molecule has 1 atom stereocenters. The molecule has 0 heterocycles. The number of rotatable bonds is 5. The van der Waals surface area contributed by atoms with Gasteiger partial charge < -0.3 is 4.74 Å². The van der Waals surface area contributed by atoms with Crippen molar-refractivity contribution < 1.29 is 9.53 Å². The number of ether oxygens (including phenoxy) is 1. The Labute approximate surface area is 148 Å². The Morgan fingerprint density at radius 3 is 2.28 bits per heavy atom. The van der Waals surface area contributed by atoms with Crippen LogP contribution in [0, 0.1) is 0 Å². The molecule has 1 saturated carbocycles. The molecular weight excluding hydrogens is 312 g/mol. The molecular formula is C21H24N2O2. The third kappa shape index (κ3) is 4.92. The summed E-state index contributed by atoms with van der Waals surface area (Å²) in [6, 6.07) is 17.9. The number of hydrogen-bond acceptors (Lipinski definition) is 3. The van der Waals surface area contributed by atoms with Crippen LogP contribution in [0.2, 0.25) is 0 Å². The van der Waals surface area contributed by atoms with Gasteiger partial charge in [0.15, 0.2) is 6.10 Å². The van der Waals surface area contributed by atoms with Crippen LogP contribution in [0.5, 0.6) is 5.75 Å². The Bertz CT molecular complexity index is 715. The summed E-state index contributed by atoms with van der Waals surface area (Å²) in [7, 11) is 0. The maximum atomic E-state index is 12.1. The number of hydrazone groups is 1. The first-order valence-electron chi connectivity index (χ1n) is 8.90. The SMILES string of the molecule is CC(Oc1ccc(-c2ccccc2)cc1)C(=O)NN=C1CCCCC1. The Kier molecular flexibility index (Phi) is 5.83. The predicted molar refractivity (Wildman–Crippen MR) is 101 cm³/mol. The number of amides is 1. The van der Waals surface area contributed by atoms with Crippen LogP contribution < -0.4 is 10.2 Å². The normalized spacial score (nSPS) is 15.3. The van der Waals surface area contributed by atoms with Crippen molar-refractivity contribution in [2.24, 2.45) is 5.10 Å². The zero-order chi connectivity index (χ0) is 17.5. The van der Waals surface area contributed by atoms with Crippen LogP contribution in [0.1, 0.15) is 39.0 Å². The molecule has 130 valence electrons. The standard InChI is InChI=1S/C21H24N2O2/c1-16(21(24)23-22-19-10-6-3-7-11-19)25-20-14-12-18(13-15-20)17-8-4-2-5-9-17/h2,4-5,8-9,12-16H,3,6-7,10-11H2,1H3,(H,23,24). The van der Waals surface area contributed by atoms with E-state index in [-0.39, 0.29) is 5.91 Å². The van der Waals surface area contributed by atoms with Crippen LogP contribution in [0.15, 0.2) is 59.7 Å². The zero-order valence-electron chi connectivity index (χ0n) is 14.6. The molecule has 25 heavy (non-hydrogen) atoms. The third-order valence-electron chi connectivity index (χ3n) is 4.40. The first-order valence-corrected chi connectivity index (χ1v) is 8.90. The van der Waals surface area contributed by atoms with E-state index in [1.165, 1.54) is 6.42 Å². The van der Waals surface area contributed by atoms with Crippen LogP contribution in [0.3, 0.4) is 0 Å². The summed E-state index contributed by atoms with van der Waals surface area (Å²) in [5.74, 6) is 0.456. The van der Waals surface area contributed by atoms with E-state index in [1.807, 2.05) is 42.5 Å². The second-order valence-electron chi connectivity index (χ2n) is 6.37. The summed E-state index contributed by atoms with van der Waals surface area (Å²) in [6.45, 7) is 1.74. The van der Waals surface area contributed by atoms with Gasteiger partial charge in [-0.15, -0.1) is 0 Å². The van der Waals surface area contributed by atoms with Crippen molar-refractivity contribution in [1.29, 1.82) is 0 Å². The van der Waals surface area contributed by atoms with Crippen LogP contribution in [0.25, 0.3) is 11.1 Å². The van der Waals surface area contributed by atoms with Gasteiger partial charge in [-0.3, -0.25) is 4.79 Å². The lowest BCUT2D eigenvalue weighted by atomic mass is 9.99. The van der Waals surface area contributed by atoms with E-state index in [1.54, 1.807) is 6.92 Å². The Hall–Kier alpha value is -2.62. The number of nitrogens with zero attached hydrogens (tertiary/aromatic N) is 1. The van der Waals surface area contributed by atoms with Crippen molar-refractivity contribution in [3.63, 3.8) is 0 Å². The van der Waals surface area contributed by atoms with Crippen LogP contribution >= 0.6 is 0 Å². The topological polar surface area (TPSA) is 50.7 Å². The summed E-state index contributed by atoms with van der Waals surface area (Å²) in [6.07, 6.45) is 4.96. The lowest BCUT2D eigenvalue weighted by Crippen LogP contribution is -2.34. The second kappa shape index (κ2) is 8.47. The zero-order valence-corrected chi connectivity index (χ0v) is 14.6. The van der Waals surface area contributed by atoms with Crippen LogP contribution in [-0.2, 0) is 4.79 Å². The first-order chi connectivity index (χ1) is 12.2. The Morgan fingerprint density at radius 1 is 0.960 bits per heavy atom. The molecule has 1 amide bonds. The summed E-state index contributed by atoms with van der Waals surface area (Å²) >= 11 is 0. The van der Waals surface area contributed by atoms with Crippen molar-refractivity contribution in [1.82, 2.24) is 5.43 Å². The highest BCUT2D eigenvalue weighted by Crippen LogP contribution is 2.22. The monoisotopic (exact) mass is 336 g/mol. The summed E-state index contributed by atoms with van der Waals surface area (Å²) < 4.78 is 5.73. The maximum absolute atomic E-state index is 12.1. The molecule has 1 N–H and O–H groups in total. The van der Waals surface area contributed by atoms with Gasteiger partial charge in [-0.1, -0.05) is 48.9 Å². The predicted octanol–water partition coefficient (Wildman–Crippen LogP) is 4.56. The van der Waals surface area contributed by atoms with Gasteiger partial charge in [0.05, 0.1) is 0 Å². The molecule has 1 unspecified atom stereocenters. The highest BCUT2D eigenvalue weighted by Gasteiger charge is 2.15. The average Bonchev–Trinajstić information content (AvgIpc) is 2.68. The number of nitrogens with one attached hydrogen (secondary N) is 1. The van der Waals surface area contributed by atoms with Crippen molar-refractivity contribution in [2.45, 2.75) is 45.1 Å². The number of benzene rings is 2. The van der Waals surface area contributed by atoms with Gasteiger partial charge in [0.2, 0.25) is 0 Å². The van der Waals surface area contributed by atoms with Gasteiger partial charge in [0.1, 0.15) is 5.75 Å². The fraction of sp³-hybridized carbons (Fsp3) is 0.333. The van der Waals surface area contributed by atoms with Crippen molar-refractivity contribution >= 4 is 11.6 Å². The van der Waals surface area contributed by atoms with Crippen molar-refractivity contribution in [3.8, 4) is 16.9 Å². The van der Waals surface area contributed by atoms with Crippen molar-refractivity contribution in [3.05, 3.63) is 54.6 Å². The quantitative estimate of drug-likeness (QED) is 0.814. The van der Waals surface area contributed by atoms with Gasteiger partial charge in [-0.25, -0.2) is 5.43 Å². The number of carbonyl (C=O) groups excluding carboxylic acids is 1. The van der Waals surface area contributed by atoms with Crippen molar-refractivity contribution in [2.75, 3.05) is 0 Å². The molecule has 0 bridgehead atoms. The Morgan fingerprint density at radius 2 is 1.60 bits per heavy atom. The van der Waals surface area contributed by atoms with E-state index in [0.717, 1.165) is 42.5 Å². The second-order valence-corrected chi connectivity index (χ2v) is 6.37. The Balaban J connectivity index is 1.55. The number of carbonyl (C=O) groups is 1. The minimum Gasteiger partial charge on any atom is -0.481 e. The van der Waals surface area contributed by atoms with Gasteiger partial charge in [-0.05, 0) is 55.9 Å². The number of hydrogen-bond donors (Lipinski definition) is 1. The molecule has 0 aromatic heterocycles. The highest BCUT2D eigenvalue weighted by atomic mass is 16.5. The van der Waals surface area contributed by atoms with Gasteiger partial charge >= 0.3 is 0 Å². The molecule has 0 aliphatic heterocycles. The summed E-state index contributed by atoms with van der Waals surface area (Å²) in [5.41, 5.74) is 5.99. The van der Waals surface area contributed by atoms with Gasteiger partial charge in [0, 0.05) is 5.71 Å². The average molecular weight is 336 g/mol. The molecule has 1 aliphatic carbocycles. The van der Waals surface area contributed by atoms with E-state index in [9.17, 15) is 4.79 Å². The van der Waals surface area contributed by atoms with E-state index in [0.29, 0.717) is 5.75 Å². The third-order valence-corrected chi connectivity index (χ3v) is 4.40. The first kappa shape index (κ1) is 17.2. The molecule has 4 heteroatoms. The van der Waals surface area contributed by atoms with E-state index in [4.69, 9.17) is 4.74 Å². The molecule has 3 rings (SSSR count). The molecule has 1 fully saturated rings. The fourth-order valence-electron chi connectivity index (χ4n) is 2.91. The van der Waals surface area contributed by atoms with E-state index >= 15 is 0 Å². The van der Waals surface area contributed by atoms with E-state index in [2.05, 4.69) is 22.7 Å². The molecule has 0 saturated heterocycles. The van der Waals surface area contributed by atoms with E-state index < -0.39 is 6.10 Å². The summed E-state index contributed by atoms with van der Waals surface area (Å²) in [5, 5.41) is 4.24. The minimum atomic E-state index is -0.587. The molecule has 1 aliphatic rings. The van der Waals surface area contributed by atoms with Gasteiger partial charge in [0.25, 0.3) is 5.91 Å². The van der Waals surface area contributed by atoms with Crippen LogP contribution in [-0.4, -0.2) is 17.7 Å². The molecule has 0 radical (unpaired) electrons. The van der Waals surface area contributed by atoms with Gasteiger partial charge in [-0.2, -0.15) is 5.10 Å². The summed E-state index contributed by atoms with van der Waals surface area (Å²) in [4.78, 5) is 12.1. The largest absolute Gasteiger partial charge is 0.481 e. The molecule has 2 aromatic carbocycles. The minimum absolute atomic E-state index is 0.217. The maximum Gasteiger partial charge on any atom is 0.280 e. The molecule has 4 nitrogen and oxygen atoms in total. The highest BCUT2D eigenvalue weighted by molar-refractivity contribution is 5.87.